The lowest BCUT2D eigenvalue weighted by Gasteiger charge is -2.53. The van der Waals surface area contributed by atoms with Gasteiger partial charge in [-0.2, -0.15) is 0 Å². The summed E-state index contributed by atoms with van der Waals surface area (Å²) in [5, 5.41) is 11.8. The van der Waals surface area contributed by atoms with Gasteiger partial charge in [0.1, 0.15) is 5.75 Å². The number of benzene rings is 2. The maximum atomic E-state index is 13.0. The number of rotatable bonds is 3. The summed E-state index contributed by atoms with van der Waals surface area (Å²) in [5.41, 5.74) is 0.815. The number of hydrogen-bond acceptors (Lipinski definition) is 4. The second-order valence-corrected chi connectivity index (χ2v) is 6.83. The van der Waals surface area contributed by atoms with Gasteiger partial charge in [-0.25, -0.2) is 0 Å². The third-order valence-corrected chi connectivity index (χ3v) is 5.19. The molecule has 25 heavy (non-hydrogen) atoms. The number of fused-ring (bicyclic) bond motifs is 4. The summed E-state index contributed by atoms with van der Waals surface area (Å²) in [4.78, 5) is 26.3. The molecule has 0 saturated carbocycles. The Bertz CT molecular complexity index is 835. The minimum absolute atomic E-state index is 0.300. The highest BCUT2D eigenvalue weighted by molar-refractivity contribution is 5.98. The van der Waals surface area contributed by atoms with Crippen LogP contribution in [0.5, 0.6) is 5.75 Å². The van der Waals surface area contributed by atoms with Crippen LogP contribution in [0.4, 0.5) is 0 Å². The lowest BCUT2D eigenvalue weighted by atomic mass is 9.73. The standard InChI is InChI=1S/C20H19NO4/c1-20-11-15(14-9-5-6-10-16(14)25-20)17(19(23)24)18(22)21(20)12-13-7-3-2-4-8-13/h2-10,15,17H,11-12H2,1H3,(H,23,24)/p-1/t15-,17-,20-/m0/s1. The van der Waals surface area contributed by atoms with Crippen molar-refractivity contribution in [2.45, 2.75) is 31.5 Å². The van der Waals surface area contributed by atoms with E-state index in [0.717, 1.165) is 11.1 Å². The Labute approximate surface area is 145 Å². The fourth-order valence-corrected chi connectivity index (χ4v) is 3.99. The quantitative estimate of drug-likeness (QED) is 0.800. The number of carboxylic acid groups (broad SMARTS) is 1. The average Bonchev–Trinajstić information content (AvgIpc) is 2.59. The van der Waals surface area contributed by atoms with Crippen LogP contribution in [0, 0.1) is 5.92 Å². The lowest BCUT2D eigenvalue weighted by molar-refractivity contribution is -0.313. The van der Waals surface area contributed by atoms with Gasteiger partial charge in [0.2, 0.25) is 5.91 Å². The second-order valence-electron chi connectivity index (χ2n) is 6.83. The van der Waals surface area contributed by atoms with Crippen molar-refractivity contribution in [3.8, 4) is 5.75 Å². The molecule has 2 heterocycles. The van der Waals surface area contributed by atoms with E-state index >= 15 is 0 Å². The zero-order valence-corrected chi connectivity index (χ0v) is 13.8. The van der Waals surface area contributed by atoms with Crippen LogP contribution < -0.4 is 9.84 Å². The molecule has 1 saturated heterocycles. The van der Waals surface area contributed by atoms with Crippen LogP contribution in [0.25, 0.3) is 0 Å². The van der Waals surface area contributed by atoms with Crippen molar-refractivity contribution in [3.63, 3.8) is 0 Å². The third kappa shape index (κ3) is 2.47. The van der Waals surface area contributed by atoms with E-state index in [-0.39, 0.29) is 0 Å². The molecule has 5 nitrogen and oxygen atoms in total. The summed E-state index contributed by atoms with van der Waals surface area (Å²) in [6.07, 6.45) is 0.432. The summed E-state index contributed by atoms with van der Waals surface area (Å²) in [6.45, 7) is 2.15. The van der Waals surface area contributed by atoms with E-state index in [1.54, 1.807) is 0 Å². The summed E-state index contributed by atoms with van der Waals surface area (Å²) >= 11 is 0. The molecule has 0 aliphatic carbocycles. The molecule has 0 aromatic heterocycles. The maximum Gasteiger partial charge on any atom is 0.235 e. The number of para-hydroxylation sites is 1. The molecule has 2 bridgehead atoms. The Morgan fingerprint density at radius 2 is 1.88 bits per heavy atom. The molecule has 2 aliphatic heterocycles. The van der Waals surface area contributed by atoms with E-state index in [1.165, 1.54) is 4.90 Å². The van der Waals surface area contributed by atoms with E-state index in [9.17, 15) is 14.7 Å². The molecule has 1 amide bonds. The molecule has 2 aromatic rings. The summed E-state index contributed by atoms with van der Waals surface area (Å²) in [7, 11) is 0. The van der Waals surface area contributed by atoms with Crippen molar-refractivity contribution in [3.05, 3.63) is 65.7 Å². The van der Waals surface area contributed by atoms with Crippen LogP contribution in [0.3, 0.4) is 0 Å². The van der Waals surface area contributed by atoms with Gasteiger partial charge in [0, 0.05) is 18.9 Å². The van der Waals surface area contributed by atoms with Crippen LogP contribution in [0.1, 0.15) is 30.4 Å². The molecular formula is C20H18NO4-. The fraction of sp³-hybridized carbons (Fsp3) is 0.300. The first-order valence-electron chi connectivity index (χ1n) is 8.34. The fourth-order valence-electron chi connectivity index (χ4n) is 3.99. The molecule has 0 N–H and O–H groups in total. The number of carbonyl (C=O) groups is 2. The zero-order chi connectivity index (χ0) is 17.6. The molecule has 3 atom stereocenters. The maximum absolute atomic E-state index is 13.0. The molecule has 4 rings (SSSR count). The van der Waals surface area contributed by atoms with Gasteiger partial charge in [-0.3, -0.25) is 9.69 Å². The second kappa shape index (κ2) is 5.62. The topological polar surface area (TPSA) is 69.7 Å². The molecule has 128 valence electrons. The normalized spacial score (nSPS) is 27.4. The molecule has 2 aliphatic rings. The molecule has 0 radical (unpaired) electrons. The number of amides is 1. The van der Waals surface area contributed by atoms with Gasteiger partial charge in [-0.15, -0.1) is 0 Å². The van der Waals surface area contributed by atoms with Gasteiger partial charge in [0.05, 0.1) is 11.9 Å². The first kappa shape index (κ1) is 15.7. The monoisotopic (exact) mass is 336 g/mol. The van der Waals surface area contributed by atoms with Gasteiger partial charge in [-0.05, 0) is 24.1 Å². The molecular weight excluding hydrogens is 318 g/mol. The third-order valence-electron chi connectivity index (χ3n) is 5.19. The molecule has 2 aromatic carbocycles. The number of piperidine rings is 1. The average molecular weight is 336 g/mol. The van der Waals surface area contributed by atoms with Crippen molar-refractivity contribution in [2.24, 2.45) is 5.92 Å². The number of carbonyl (C=O) groups excluding carboxylic acids is 2. The van der Waals surface area contributed by atoms with Gasteiger partial charge in [0.25, 0.3) is 0 Å². The van der Waals surface area contributed by atoms with Gasteiger partial charge < -0.3 is 14.6 Å². The Balaban J connectivity index is 1.79. The number of carboxylic acids is 1. The number of ether oxygens (including phenoxy) is 1. The van der Waals surface area contributed by atoms with E-state index in [1.807, 2.05) is 61.5 Å². The van der Waals surface area contributed by atoms with E-state index in [0.29, 0.717) is 18.7 Å². The molecule has 5 heteroatoms. The number of hydrogen-bond donors (Lipinski definition) is 0. The van der Waals surface area contributed by atoms with E-state index in [2.05, 4.69) is 0 Å². The summed E-state index contributed by atoms with van der Waals surface area (Å²) < 4.78 is 6.17. The summed E-state index contributed by atoms with van der Waals surface area (Å²) in [5.74, 6) is -2.76. The SMILES string of the molecule is C[C@@]12C[C@@H](c3ccccc3O1)[C@H](C(=O)[O-])C(=O)N2Cc1ccccc1. The Morgan fingerprint density at radius 1 is 1.20 bits per heavy atom. The minimum atomic E-state index is -1.33. The molecule has 0 unspecified atom stereocenters. The predicted molar refractivity (Wildman–Crippen MR) is 88.3 cm³/mol. The Morgan fingerprint density at radius 3 is 2.60 bits per heavy atom. The van der Waals surface area contributed by atoms with Gasteiger partial charge in [0.15, 0.2) is 5.72 Å². The van der Waals surface area contributed by atoms with Crippen LogP contribution in [0.15, 0.2) is 54.6 Å². The Hall–Kier alpha value is -2.82. The number of likely N-dealkylation sites (tertiary alicyclic amines) is 1. The van der Waals surface area contributed by atoms with Crippen LogP contribution in [0.2, 0.25) is 0 Å². The van der Waals surface area contributed by atoms with Gasteiger partial charge >= 0.3 is 0 Å². The largest absolute Gasteiger partial charge is 0.549 e. The van der Waals surface area contributed by atoms with Crippen LogP contribution in [-0.4, -0.2) is 22.5 Å². The molecule has 0 spiro atoms. The highest BCUT2D eigenvalue weighted by Gasteiger charge is 2.54. The first-order valence-corrected chi connectivity index (χ1v) is 8.34. The lowest BCUT2D eigenvalue weighted by Crippen LogP contribution is -2.64. The smallest absolute Gasteiger partial charge is 0.235 e. The van der Waals surface area contributed by atoms with Crippen molar-refractivity contribution in [1.82, 2.24) is 4.90 Å². The van der Waals surface area contributed by atoms with Crippen LogP contribution in [-0.2, 0) is 16.1 Å². The minimum Gasteiger partial charge on any atom is -0.549 e. The highest BCUT2D eigenvalue weighted by Crippen LogP contribution is 2.50. The Kier molecular flexibility index (Phi) is 3.53. The molecule has 1 fully saturated rings. The van der Waals surface area contributed by atoms with Crippen molar-refractivity contribution >= 4 is 11.9 Å². The van der Waals surface area contributed by atoms with E-state index < -0.39 is 29.4 Å². The number of nitrogens with zero attached hydrogens (tertiary/aromatic N) is 1. The summed E-state index contributed by atoms with van der Waals surface area (Å²) in [6, 6.07) is 16.8. The highest BCUT2D eigenvalue weighted by atomic mass is 16.5. The van der Waals surface area contributed by atoms with Crippen molar-refractivity contribution < 1.29 is 19.4 Å². The van der Waals surface area contributed by atoms with Crippen molar-refractivity contribution in [1.29, 1.82) is 0 Å². The van der Waals surface area contributed by atoms with Gasteiger partial charge in [-0.1, -0.05) is 48.5 Å². The number of aliphatic carboxylic acids is 1. The van der Waals surface area contributed by atoms with E-state index in [4.69, 9.17) is 4.74 Å². The van der Waals surface area contributed by atoms with Crippen molar-refractivity contribution in [2.75, 3.05) is 0 Å². The predicted octanol–water partition coefficient (Wildman–Crippen LogP) is 1.68. The zero-order valence-electron chi connectivity index (χ0n) is 13.8. The first-order chi connectivity index (χ1) is 12.0. The van der Waals surface area contributed by atoms with Crippen LogP contribution >= 0.6 is 0 Å².